The van der Waals surface area contributed by atoms with E-state index >= 15 is 0 Å². The Labute approximate surface area is 129 Å². The highest BCUT2D eigenvalue weighted by Gasteiger charge is 2.37. The Morgan fingerprint density at radius 1 is 1.48 bits per heavy atom. The molecule has 0 aromatic heterocycles. The fourth-order valence-electron chi connectivity index (χ4n) is 2.14. The van der Waals surface area contributed by atoms with Crippen LogP contribution in [0.2, 0.25) is 5.02 Å². The van der Waals surface area contributed by atoms with Crippen molar-refractivity contribution in [3.8, 4) is 11.8 Å². The van der Waals surface area contributed by atoms with E-state index in [-0.39, 0.29) is 18.0 Å². The van der Waals surface area contributed by atoms with Crippen LogP contribution in [0.3, 0.4) is 0 Å². The molecule has 0 aliphatic heterocycles. The molecule has 112 valence electrons. The van der Waals surface area contributed by atoms with Crippen LogP contribution in [0.4, 0.5) is 0 Å². The second-order valence-corrected chi connectivity index (χ2v) is 5.59. The zero-order chi connectivity index (χ0) is 15.2. The van der Waals surface area contributed by atoms with Gasteiger partial charge in [-0.05, 0) is 31.4 Å². The van der Waals surface area contributed by atoms with Crippen molar-refractivity contribution in [3.63, 3.8) is 0 Å². The molecule has 0 heterocycles. The first-order chi connectivity index (χ1) is 10.1. The summed E-state index contributed by atoms with van der Waals surface area (Å²) >= 11 is 5.95. The molecule has 0 unspecified atom stereocenters. The predicted molar refractivity (Wildman–Crippen MR) is 79.2 cm³/mol. The van der Waals surface area contributed by atoms with Crippen molar-refractivity contribution in [2.75, 3.05) is 6.61 Å². The van der Waals surface area contributed by atoms with Crippen LogP contribution >= 0.6 is 11.6 Å². The maximum Gasteiger partial charge on any atom is 0.309 e. The quantitative estimate of drug-likeness (QED) is 0.594. The molecule has 1 aliphatic carbocycles. The Balaban J connectivity index is 1.76. The number of nitriles is 1. The Kier molecular flexibility index (Phi) is 5.46. The van der Waals surface area contributed by atoms with Gasteiger partial charge in [0.2, 0.25) is 0 Å². The van der Waals surface area contributed by atoms with E-state index in [1.54, 1.807) is 18.2 Å². The summed E-state index contributed by atoms with van der Waals surface area (Å²) in [5.41, 5.74) is 0.426. The lowest BCUT2D eigenvalue weighted by molar-refractivity contribution is -0.155. The van der Waals surface area contributed by atoms with Gasteiger partial charge in [0.25, 0.3) is 0 Å². The van der Waals surface area contributed by atoms with Crippen LogP contribution in [0, 0.1) is 17.2 Å². The predicted octanol–water partition coefficient (Wildman–Crippen LogP) is 3.71. The summed E-state index contributed by atoms with van der Waals surface area (Å²) in [5, 5.41) is 9.19. The topological polar surface area (TPSA) is 59.3 Å². The summed E-state index contributed by atoms with van der Waals surface area (Å²) in [6.07, 6.45) is 3.27. The number of esters is 1. The molecule has 0 radical (unpaired) electrons. The second kappa shape index (κ2) is 7.33. The summed E-state index contributed by atoms with van der Waals surface area (Å²) in [7, 11) is 0. The third kappa shape index (κ3) is 4.12. The SMILES string of the molecule is CCCCOC(=O)C1CC(Oc2ccc(C#N)c(Cl)c2)C1. The molecule has 0 spiro atoms. The van der Waals surface area contributed by atoms with E-state index in [0.29, 0.717) is 35.8 Å². The van der Waals surface area contributed by atoms with Crippen molar-refractivity contribution in [2.45, 2.75) is 38.7 Å². The molecule has 21 heavy (non-hydrogen) atoms. The lowest BCUT2D eigenvalue weighted by Gasteiger charge is -2.33. The van der Waals surface area contributed by atoms with E-state index in [4.69, 9.17) is 26.3 Å². The monoisotopic (exact) mass is 307 g/mol. The number of carbonyl (C=O) groups excluding carboxylic acids is 1. The summed E-state index contributed by atoms with van der Waals surface area (Å²) in [6.45, 7) is 2.56. The fraction of sp³-hybridized carbons (Fsp3) is 0.500. The number of hydrogen-bond acceptors (Lipinski definition) is 4. The van der Waals surface area contributed by atoms with Crippen molar-refractivity contribution in [1.82, 2.24) is 0 Å². The van der Waals surface area contributed by atoms with Gasteiger partial charge >= 0.3 is 5.97 Å². The smallest absolute Gasteiger partial charge is 0.309 e. The number of nitrogens with zero attached hydrogens (tertiary/aromatic N) is 1. The Bertz CT molecular complexity index is 547. The maximum atomic E-state index is 11.7. The van der Waals surface area contributed by atoms with Gasteiger partial charge in [0.15, 0.2) is 0 Å². The van der Waals surface area contributed by atoms with Crippen LogP contribution in [-0.2, 0) is 9.53 Å². The number of hydrogen-bond donors (Lipinski definition) is 0. The average Bonchev–Trinajstić information content (AvgIpc) is 2.42. The minimum Gasteiger partial charge on any atom is -0.490 e. The van der Waals surface area contributed by atoms with Crippen molar-refractivity contribution in [1.29, 1.82) is 5.26 Å². The molecule has 1 aromatic carbocycles. The molecule has 0 N–H and O–H groups in total. The first kappa shape index (κ1) is 15.7. The van der Waals surface area contributed by atoms with E-state index in [0.717, 1.165) is 12.8 Å². The zero-order valence-electron chi connectivity index (χ0n) is 12.0. The van der Waals surface area contributed by atoms with Gasteiger partial charge in [-0.25, -0.2) is 0 Å². The van der Waals surface area contributed by atoms with Gasteiger partial charge in [0, 0.05) is 6.07 Å². The van der Waals surface area contributed by atoms with Gasteiger partial charge in [-0.2, -0.15) is 5.26 Å². The Morgan fingerprint density at radius 3 is 2.86 bits per heavy atom. The lowest BCUT2D eigenvalue weighted by atomic mass is 9.82. The van der Waals surface area contributed by atoms with Gasteiger partial charge in [-0.15, -0.1) is 0 Å². The summed E-state index contributed by atoms with van der Waals surface area (Å²) in [4.78, 5) is 11.7. The molecule has 0 saturated heterocycles. The maximum absolute atomic E-state index is 11.7. The van der Waals surface area contributed by atoms with Crippen LogP contribution in [0.5, 0.6) is 5.75 Å². The zero-order valence-corrected chi connectivity index (χ0v) is 12.7. The molecule has 1 aromatic rings. The molecule has 0 atom stereocenters. The third-order valence-corrected chi connectivity index (χ3v) is 3.85. The molecule has 1 fully saturated rings. The minimum absolute atomic E-state index is 0.0118. The molecule has 0 amide bonds. The number of benzene rings is 1. The van der Waals surface area contributed by atoms with Gasteiger partial charge in [-0.3, -0.25) is 4.79 Å². The van der Waals surface area contributed by atoms with Crippen molar-refractivity contribution < 1.29 is 14.3 Å². The largest absolute Gasteiger partial charge is 0.490 e. The normalized spacial score (nSPS) is 20.2. The molecule has 5 heteroatoms. The van der Waals surface area contributed by atoms with Crippen molar-refractivity contribution in [3.05, 3.63) is 28.8 Å². The standard InChI is InChI=1S/C16H18ClNO3/c1-2-3-6-20-16(19)12-7-14(8-12)21-13-5-4-11(10-18)15(17)9-13/h4-5,9,12,14H,2-3,6-8H2,1H3. The van der Waals surface area contributed by atoms with E-state index < -0.39 is 0 Å². The molecule has 4 nitrogen and oxygen atoms in total. The van der Waals surface area contributed by atoms with Crippen molar-refractivity contribution >= 4 is 17.6 Å². The van der Waals surface area contributed by atoms with Gasteiger partial charge < -0.3 is 9.47 Å². The first-order valence-corrected chi connectivity index (χ1v) is 7.54. The molecule has 1 saturated carbocycles. The molecular weight excluding hydrogens is 290 g/mol. The number of ether oxygens (including phenoxy) is 2. The third-order valence-electron chi connectivity index (χ3n) is 3.53. The summed E-state index contributed by atoms with van der Waals surface area (Å²) in [6, 6.07) is 6.98. The van der Waals surface area contributed by atoms with Crippen LogP contribution < -0.4 is 4.74 Å². The van der Waals surface area contributed by atoms with E-state index in [1.807, 2.05) is 6.07 Å². The van der Waals surface area contributed by atoms with Gasteiger partial charge in [0.05, 0.1) is 23.1 Å². The number of halogens is 1. The van der Waals surface area contributed by atoms with Gasteiger partial charge in [-0.1, -0.05) is 24.9 Å². The van der Waals surface area contributed by atoms with E-state index in [2.05, 4.69) is 6.92 Å². The highest BCUT2D eigenvalue weighted by molar-refractivity contribution is 6.31. The first-order valence-electron chi connectivity index (χ1n) is 7.17. The molecule has 0 bridgehead atoms. The second-order valence-electron chi connectivity index (χ2n) is 5.18. The van der Waals surface area contributed by atoms with Crippen LogP contribution in [0.25, 0.3) is 0 Å². The van der Waals surface area contributed by atoms with Gasteiger partial charge in [0.1, 0.15) is 17.9 Å². The Morgan fingerprint density at radius 2 is 2.24 bits per heavy atom. The molecule has 2 rings (SSSR count). The number of unbranched alkanes of at least 4 members (excludes halogenated alkanes) is 1. The van der Waals surface area contributed by atoms with E-state index in [1.165, 1.54) is 0 Å². The van der Waals surface area contributed by atoms with Crippen LogP contribution in [-0.4, -0.2) is 18.7 Å². The van der Waals surface area contributed by atoms with E-state index in [9.17, 15) is 4.79 Å². The Hall–Kier alpha value is -1.73. The number of rotatable bonds is 6. The lowest BCUT2D eigenvalue weighted by Crippen LogP contribution is -2.39. The molecule has 1 aliphatic rings. The summed E-state index contributed by atoms with van der Waals surface area (Å²) < 4.78 is 10.9. The summed E-state index contributed by atoms with van der Waals surface area (Å²) in [5.74, 6) is 0.448. The molecular formula is C16H18ClNO3. The highest BCUT2D eigenvalue weighted by Crippen LogP contribution is 2.33. The average molecular weight is 308 g/mol. The van der Waals surface area contributed by atoms with Crippen molar-refractivity contribution in [2.24, 2.45) is 5.92 Å². The van der Waals surface area contributed by atoms with Crippen LogP contribution in [0.1, 0.15) is 38.2 Å². The van der Waals surface area contributed by atoms with Crippen LogP contribution in [0.15, 0.2) is 18.2 Å². The fourth-order valence-corrected chi connectivity index (χ4v) is 2.35. The highest BCUT2D eigenvalue weighted by atomic mass is 35.5. The number of carbonyl (C=O) groups is 1. The minimum atomic E-state index is -0.124.